The lowest BCUT2D eigenvalue weighted by Crippen LogP contribution is -2.04. The molecule has 1 aromatic carbocycles. The quantitative estimate of drug-likeness (QED) is 0.728. The molecule has 1 aromatic heterocycles. The molecule has 0 amide bonds. The summed E-state index contributed by atoms with van der Waals surface area (Å²) >= 11 is 3.08. The first-order valence-corrected chi connectivity index (χ1v) is 4.40. The Morgan fingerprint density at radius 2 is 2.00 bits per heavy atom. The molecule has 0 saturated heterocycles. The Bertz CT molecular complexity index is 477. The Morgan fingerprint density at radius 3 is 2.57 bits per heavy atom. The maximum absolute atomic E-state index is 12.2. The van der Waals surface area contributed by atoms with Gasteiger partial charge in [0.25, 0.3) is 0 Å². The van der Waals surface area contributed by atoms with E-state index >= 15 is 0 Å². The Hall–Kier alpha value is -1.04. The van der Waals surface area contributed by atoms with Crippen LogP contribution in [0.2, 0.25) is 0 Å². The lowest BCUT2D eigenvalue weighted by Gasteiger charge is -1.97. The normalized spacial score (nSPS) is 12.3. The van der Waals surface area contributed by atoms with Crippen LogP contribution < -0.4 is 0 Å². The fraction of sp³-hybridized carbons (Fsp3) is 0.125. The molecule has 0 spiro atoms. The molecule has 0 aliphatic carbocycles. The molecule has 0 aliphatic rings. The highest BCUT2D eigenvalue weighted by Gasteiger charge is 2.37. The summed E-state index contributed by atoms with van der Waals surface area (Å²) in [5.74, 6) is -1.22. The van der Waals surface area contributed by atoms with E-state index in [2.05, 4.69) is 25.3 Å². The minimum absolute atomic E-state index is 0.111. The zero-order valence-electron chi connectivity index (χ0n) is 6.60. The maximum Gasteiger partial charge on any atom is 0.468 e. The Morgan fingerprint density at radius 1 is 1.29 bits per heavy atom. The maximum atomic E-state index is 12.2. The molecule has 0 saturated carbocycles. The van der Waals surface area contributed by atoms with Crippen molar-refractivity contribution in [3.63, 3.8) is 0 Å². The van der Waals surface area contributed by atoms with Crippen LogP contribution in [0.4, 0.5) is 13.2 Å². The number of oxazole rings is 1. The molecule has 2 rings (SSSR count). The second-order valence-corrected chi connectivity index (χ2v) is 3.46. The van der Waals surface area contributed by atoms with Crippen molar-refractivity contribution in [2.24, 2.45) is 0 Å². The fourth-order valence-corrected chi connectivity index (χ4v) is 1.47. The summed E-state index contributed by atoms with van der Waals surface area (Å²) in [6, 6.07) is 4.64. The number of para-hydroxylation sites is 1. The first-order chi connectivity index (χ1) is 6.48. The van der Waals surface area contributed by atoms with Gasteiger partial charge in [0, 0.05) is 0 Å². The predicted octanol–water partition coefficient (Wildman–Crippen LogP) is 3.61. The van der Waals surface area contributed by atoms with Gasteiger partial charge in [-0.15, -0.1) is 0 Å². The first kappa shape index (κ1) is 9.51. The van der Waals surface area contributed by atoms with Gasteiger partial charge >= 0.3 is 12.1 Å². The Kier molecular flexibility index (Phi) is 2.02. The third-order valence-corrected chi connectivity index (χ3v) is 2.23. The van der Waals surface area contributed by atoms with Gasteiger partial charge < -0.3 is 4.42 Å². The highest BCUT2D eigenvalue weighted by molar-refractivity contribution is 9.10. The highest BCUT2D eigenvalue weighted by Crippen LogP contribution is 2.33. The molecule has 0 fully saturated rings. The summed E-state index contributed by atoms with van der Waals surface area (Å²) in [4.78, 5) is 3.32. The number of rotatable bonds is 0. The zero-order valence-corrected chi connectivity index (χ0v) is 8.19. The van der Waals surface area contributed by atoms with Crippen molar-refractivity contribution >= 4 is 27.0 Å². The van der Waals surface area contributed by atoms with Crippen molar-refractivity contribution in [3.8, 4) is 0 Å². The standard InChI is InChI=1S/C8H3BrF3NO/c9-4-2-1-3-5-6(4)14-7(13-5)8(10,11)12/h1-3H. The molecule has 0 N–H and O–H groups in total. The van der Waals surface area contributed by atoms with E-state index in [-0.39, 0.29) is 11.1 Å². The topological polar surface area (TPSA) is 26.0 Å². The van der Waals surface area contributed by atoms with Crippen molar-refractivity contribution in [2.75, 3.05) is 0 Å². The van der Waals surface area contributed by atoms with Gasteiger partial charge in [-0.2, -0.15) is 13.2 Å². The minimum Gasteiger partial charge on any atom is -0.432 e. The highest BCUT2D eigenvalue weighted by atomic mass is 79.9. The van der Waals surface area contributed by atoms with E-state index in [1.165, 1.54) is 6.07 Å². The zero-order chi connectivity index (χ0) is 10.3. The van der Waals surface area contributed by atoms with Gasteiger partial charge in [-0.3, -0.25) is 0 Å². The summed E-state index contributed by atoms with van der Waals surface area (Å²) in [6.07, 6.45) is -4.54. The first-order valence-electron chi connectivity index (χ1n) is 3.61. The molecule has 14 heavy (non-hydrogen) atoms. The lowest BCUT2D eigenvalue weighted by molar-refractivity contribution is -0.156. The summed E-state index contributed by atoms with van der Waals surface area (Å²) in [5, 5.41) is 0. The smallest absolute Gasteiger partial charge is 0.432 e. The van der Waals surface area contributed by atoms with E-state index in [1.807, 2.05) is 0 Å². The van der Waals surface area contributed by atoms with E-state index < -0.39 is 12.1 Å². The van der Waals surface area contributed by atoms with Crippen molar-refractivity contribution < 1.29 is 17.6 Å². The summed E-state index contributed by atoms with van der Waals surface area (Å²) < 4.78 is 41.6. The lowest BCUT2D eigenvalue weighted by atomic mass is 10.3. The number of hydrogen-bond donors (Lipinski definition) is 0. The number of hydrogen-bond acceptors (Lipinski definition) is 2. The molecular formula is C8H3BrF3NO. The second kappa shape index (κ2) is 2.98. The van der Waals surface area contributed by atoms with Crippen LogP contribution in [0.15, 0.2) is 27.1 Å². The van der Waals surface area contributed by atoms with Crippen molar-refractivity contribution in [2.45, 2.75) is 6.18 Å². The van der Waals surface area contributed by atoms with Crippen molar-refractivity contribution in [1.82, 2.24) is 4.98 Å². The van der Waals surface area contributed by atoms with Crippen LogP contribution >= 0.6 is 15.9 Å². The summed E-state index contributed by atoms with van der Waals surface area (Å²) in [6.45, 7) is 0. The fourth-order valence-electron chi connectivity index (χ4n) is 1.04. The number of alkyl halides is 3. The molecule has 0 atom stereocenters. The Labute approximate surface area is 84.9 Å². The predicted molar refractivity (Wildman–Crippen MR) is 46.7 cm³/mol. The number of fused-ring (bicyclic) bond motifs is 1. The molecule has 2 aromatic rings. The largest absolute Gasteiger partial charge is 0.468 e. The van der Waals surface area contributed by atoms with Crippen LogP contribution in [0.3, 0.4) is 0 Å². The average Bonchev–Trinajstić information content (AvgIpc) is 2.48. The molecule has 6 heteroatoms. The molecule has 0 bridgehead atoms. The van der Waals surface area contributed by atoms with Gasteiger partial charge in [-0.25, -0.2) is 4.98 Å². The van der Waals surface area contributed by atoms with Gasteiger partial charge in [0.2, 0.25) is 0 Å². The molecular weight excluding hydrogens is 263 g/mol. The van der Waals surface area contributed by atoms with Crippen molar-refractivity contribution in [3.05, 3.63) is 28.6 Å². The molecule has 0 unspecified atom stereocenters. The van der Waals surface area contributed by atoms with E-state index in [9.17, 15) is 13.2 Å². The molecule has 2 nitrogen and oxygen atoms in total. The average molecular weight is 266 g/mol. The third-order valence-electron chi connectivity index (χ3n) is 1.61. The number of halogens is 4. The molecule has 74 valence electrons. The van der Waals surface area contributed by atoms with Gasteiger partial charge in [-0.05, 0) is 28.1 Å². The molecule has 0 radical (unpaired) electrons. The van der Waals surface area contributed by atoms with Crippen LogP contribution in [-0.4, -0.2) is 4.98 Å². The van der Waals surface area contributed by atoms with E-state index in [1.54, 1.807) is 12.1 Å². The monoisotopic (exact) mass is 265 g/mol. The molecule has 1 heterocycles. The van der Waals surface area contributed by atoms with Crippen LogP contribution in [0.1, 0.15) is 5.89 Å². The van der Waals surface area contributed by atoms with Gasteiger partial charge in [0.1, 0.15) is 5.52 Å². The third kappa shape index (κ3) is 1.50. The minimum atomic E-state index is -4.54. The molecule has 0 aliphatic heterocycles. The van der Waals surface area contributed by atoms with E-state index in [0.717, 1.165) is 0 Å². The van der Waals surface area contributed by atoms with Crippen LogP contribution in [0, 0.1) is 0 Å². The number of nitrogens with zero attached hydrogens (tertiary/aromatic N) is 1. The van der Waals surface area contributed by atoms with Gasteiger partial charge in [-0.1, -0.05) is 6.07 Å². The van der Waals surface area contributed by atoms with Crippen LogP contribution in [-0.2, 0) is 6.18 Å². The van der Waals surface area contributed by atoms with Crippen molar-refractivity contribution in [1.29, 1.82) is 0 Å². The number of benzene rings is 1. The van der Waals surface area contributed by atoms with Gasteiger partial charge in [0.15, 0.2) is 5.58 Å². The van der Waals surface area contributed by atoms with Crippen LogP contribution in [0.5, 0.6) is 0 Å². The van der Waals surface area contributed by atoms with E-state index in [0.29, 0.717) is 4.47 Å². The summed E-state index contributed by atoms with van der Waals surface area (Å²) in [7, 11) is 0. The van der Waals surface area contributed by atoms with E-state index in [4.69, 9.17) is 0 Å². The Balaban J connectivity index is 2.69. The SMILES string of the molecule is FC(F)(F)c1nc2cccc(Br)c2o1. The second-order valence-electron chi connectivity index (χ2n) is 2.60. The number of aromatic nitrogens is 1. The summed E-state index contributed by atoms with van der Waals surface area (Å²) in [5.41, 5.74) is 0.298. The van der Waals surface area contributed by atoms with Gasteiger partial charge in [0.05, 0.1) is 4.47 Å². The van der Waals surface area contributed by atoms with Crippen LogP contribution in [0.25, 0.3) is 11.1 Å².